The van der Waals surface area contributed by atoms with E-state index in [0.717, 1.165) is 19.5 Å². The van der Waals surface area contributed by atoms with E-state index in [1.807, 2.05) is 16.2 Å². The van der Waals surface area contributed by atoms with Crippen LogP contribution >= 0.6 is 11.3 Å². The largest absolute Gasteiger partial charge is 0.337 e. The Morgan fingerprint density at radius 1 is 1.53 bits per heavy atom. The van der Waals surface area contributed by atoms with Gasteiger partial charge in [-0.3, -0.25) is 4.79 Å². The molecule has 1 aliphatic rings. The van der Waals surface area contributed by atoms with Gasteiger partial charge in [-0.1, -0.05) is 20.8 Å². The van der Waals surface area contributed by atoms with Gasteiger partial charge in [0, 0.05) is 24.0 Å². The minimum Gasteiger partial charge on any atom is -0.337 e. The Bertz CT molecular complexity index is 447. The molecule has 1 aliphatic heterocycles. The first-order valence-corrected chi connectivity index (χ1v) is 7.82. The number of amides is 1. The average Bonchev–Trinajstić information content (AvgIpc) is 2.81. The minimum absolute atomic E-state index is 0.183. The Kier molecular flexibility index (Phi) is 4.31. The second-order valence-corrected chi connectivity index (χ2v) is 7.40. The topological polar surface area (TPSA) is 32.3 Å². The van der Waals surface area contributed by atoms with E-state index in [2.05, 4.69) is 44.5 Å². The smallest absolute Gasteiger partial charge is 0.236 e. The van der Waals surface area contributed by atoms with Gasteiger partial charge >= 0.3 is 0 Å². The minimum atomic E-state index is 0.183. The number of nitrogens with one attached hydrogen (secondary N) is 1. The van der Waals surface area contributed by atoms with Crippen LogP contribution < -0.4 is 5.32 Å². The fourth-order valence-corrected chi connectivity index (χ4v) is 3.01. The summed E-state index contributed by atoms with van der Waals surface area (Å²) in [7, 11) is 0. The molecule has 1 atom stereocenters. The predicted octanol–water partition coefficient (Wildman–Crippen LogP) is 2.66. The highest BCUT2D eigenvalue weighted by Crippen LogP contribution is 2.24. The molecular weight excluding hydrogens is 256 g/mol. The lowest BCUT2D eigenvalue weighted by Gasteiger charge is -2.31. The molecule has 0 aliphatic carbocycles. The highest BCUT2D eigenvalue weighted by atomic mass is 32.1. The molecule has 1 aromatic heterocycles. The predicted molar refractivity (Wildman–Crippen MR) is 80.4 cm³/mol. The van der Waals surface area contributed by atoms with Gasteiger partial charge in [0.25, 0.3) is 0 Å². The van der Waals surface area contributed by atoms with Crippen LogP contribution in [0, 0.1) is 5.41 Å². The third-order valence-corrected chi connectivity index (χ3v) is 5.04. The molecule has 0 spiro atoms. The number of carbonyl (C=O) groups is 1. The van der Waals surface area contributed by atoms with Gasteiger partial charge in [-0.25, -0.2) is 0 Å². The first-order valence-electron chi connectivity index (χ1n) is 6.94. The lowest BCUT2D eigenvalue weighted by Crippen LogP contribution is -2.46. The van der Waals surface area contributed by atoms with Crippen molar-refractivity contribution in [2.75, 3.05) is 13.1 Å². The maximum absolute atomic E-state index is 12.2. The first kappa shape index (κ1) is 14.5. The van der Waals surface area contributed by atoms with Crippen LogP contribution in [-0.2, 0) is 17.8 Å². The van der Waals surface area contributed by atoms with E-state index in [9.17, 15) is 4.79 Å². The van der Waals surface area contributed by atoms with Gasteiger partial charge in [-0.2, -0.15) is 0 Å². The van der Waals surface area contributed by atoms with Crippen molar-refractivity contribution in [1.29, 1.82) is 0 Å². The molecule has 1 amide bonds. The van der Waals surface area contributed by atoms with Crippen molar-refractivity contribution in [2.45, 2.75) is 46.7 Å². The molecule has 1 N–H and O–H groups in total. The lowest BCUT2D eigenvalue weighted by molar-refractivity contribution is -0.131. The maximum Gasteiger partial charge on any atom is 0.236 e. The standard InChI is InChI=1S/C15H24N2OS/c1-11(15(2,3)4)16-9-14(18)17-7-5-13-12(10-17)6-8-19-13/h6,8,11,16H,5,7,9-10H2,1-4H3. The molecule has 19 heavy (non-hydrogen) atoms. The highest BCUT2D eigenvalue weighted by molar-refractivity contribution is 7.10. The van der Waals surface area contributed by atoms with Crippen LogP contribution in [0.25, 0.3) is 0 Å². The van der Waals surface area contributed by atoms with Crippen LogP contribution in [0.2, 0.25) is 0 Å². The van der Waals surface area contributed by atoms with Gasteiger partial charge < -0.3 is 10.2 Å². The normalized spacial score (nSPS) is 17.2. The summed E-state index contributed by atoms with van der Waals surface area (Å²) in [6.45, 7) is 10.8. The molecule has 3 nitrogen and oxygen atoms in total. The third-order valence-electron chi connectivity index (χ3n) is 4.02. The summed E-state index contributed by atoms with van der Waals surface area (Å²) in [4.78, 5) is 15.6. The van der Waals surface area contributed by atoms with E-state index in [4.69, 9.17) is 0 Å². The molecule has 106 valence electrons. The first-order chi connectivity index (χ1) is 8.88. The molecule has 0 saturated heterocycles. The summed E-state index contributed by atoms with van der Waals surface area (Å²) in [5, 5.41) is 5.47. The maximum atomic E-state index is 12.2. The molecule has 4 heteroatoms. The molecule has 0 bridgehead atoms. The molecule has 0 aromatic carbocycles. The Balaban J connectivity index is 1.85. The fourth-order valence-electron chi connectivity index (χ4n) is 2.12. The van der Waals surface area contributed by atoms with E-state index >= 15 is 0 Å². The highest BCUT2D eigenvalue weighted by Gasteiger charge is 2.24. The quantitative estimate of drug-likeness (QED) is 0.923. The Morgan fingerprint density at radius 3 is 2.95 bits per heavy atom. The summed E-state index contributed by atoms with van der Waals surface area (Å²) >= 11 is 1.81. The molecule has 2 rings (SSSR count). The molecule has 0 fully saturated rings. The van der Waals surface area contributed by atoms with Crippen LogP contribution in [0.1, 0.15) is 38.1 Å². The van der Waals surface area contributed by atoms with Gasteiger partial charge in [0.15, 0.2) is 0 Å². The van der Waals surface area contributed by atoms with Gasteiger partial charge in [0.05, 0.1) is 6.54 Å². The molecule has 1 unspecified atom stereocenters. The van der Waals surface area contributed by atoms with Crippen LogP contribution in [-0.4, -0.2) is 29.9 Å². The summed E-state index contributed by atoms with van der Waals surface area (Å²) in [5.74, 6) is 0.216. The Morgan fingerprint density at radius 2 is 2.26 bits per heavy atom. The molecule has 2 heterocycles. The number of thiophene rings is 1. The number of carbonyl (C=O) groups excluding carboxylic acids is 1. The zero-order valence-corrected chi connectivity index (χ0v) is 13.1. The van der Waals surface area contributed by atoms with Crippen molar-refractivity contribution >= 4 is 17.2 Å². The summed E-state index contributed by atoms with van der Waals surface area (Å²) in [5.41, 5.74) is 1.51. The number of hydrogen-bond acceptors (Lipinski definition) is 3. The molecule has 0 saturated carbocycles. The zero-order chi connectivity index (χ0) is 14.0. The van der Waals surface area contributed by atoms with Crippen molar-refractivity contribution < 1.29 is 4.79 Å². The Hall–Kier alpha value is -0.870. The fraction of sp³-hybridized carbons (Fsp3) is 0.667. The van der Waals surface area contributed by atoms with Gasteiger partial charge in [-0.05, 0) is 35.8 Å². The summed E-state index contributed by atoms with van der Waals surface area (Å²) in [6, 6.07) is 2.47. The van der Waals surface area contributed by atoms with Crippen molar-refractivity contribution in [3.8, 4) is 0 Å². The van der Waals surface area contributed by atoms with Gasteiger partial charge in [0.2, 0.25) is 5.91 Å². The van der Waals surface area contributed by atoms with Gasteiger partial charge in [0.1, 0.15) is 0 Å². The summed E-state index contributed by atoms with van der Waals surface area (Å²) < 4.78 is 0. The number of fused-ring (bicyclic) bond motifs is 1. The third kappa shape index (κ3) is 3.57. The molecule has 0 radical (unpaired) electrons. The monoisotopic (exact) mass is 280 g/mol. The second kappa shape index (κ2) is 5.63. The molecular formula is C15H24N2OS. The van der Waals surface area contributed by atoms with Crippen LogP contribution in [0.3, 0.4) is 0 Å². The van der Waals surface area contributed by atoms with Crippen molar-refractivity contribution in [3.05, 3.63) is 21.9 Å². The lowest BCUT2D eigenvalue weighted by atomic mass is 9.88. The summed E-state index contributed by atoms with van der Waals surface area (Å²) in [6.07, 6.45) is 1.01. The SMILES string of the molecule is CC(NCC(=O)N1CCc2sccc2C1)C(C)(C)C. The van der Waals surface area contributed by atoms with Crippen LogP contribution in [0.5, 0.6) is 0 Å². The van der Waals surface area contributed by atoms with Crippen LogP contribution in [0.4, 0.5) is 0 Å². The van der Waals surface area contributed by atoms with Gasteiger partial charge in [-0.15, -0.1) is 11.3 Å². The Labute approximate surface area is 120 Å². The van der Waals surface area contributed by atoms with E-state index in [0.29, 0.717) is 12.6 Å². The van der Waals surface area contributed by atoms with Crippen molar-refractivity contribution in [2.24, 2.45) is 5.41 Å². The van der Waals surface area contributed by atoms with Crippen LogP contribution in [0.15, 0.2) is 11.4 Å². The van der Waals surface area contributed by atoms with Crippen molar-refractivity contribution in [3.63, 3.8) is 0 Å². The number of hydrogen-bond donors (Lipinski definition) is 1. The number of rotatable bonds is 3. The zero-order valence-electron chi connectivity index (χ0n) is 12.3. The van der Waals surface area contributed by atoms with E-state index in [1.54, 1.807) is 0 Å². The molecule has 1 aromatic rings. The average molecular weight is 280 g/mol. The van der Waals surface area contributed by atoms with E-state index < -0.39 is 0 Å². The number of nitrogens with zero attached hydrogens (tertiary/aromatic N) is 1. The van der Waals surface area contributed by atoms with E-state index in [-0.39, 0.29) is 11.3 Å². The van der Waals surface area contributed by atoms with E-state index in [1.165, 1.54) is 10.4 Å². The second-order valence-electron chi connectivity index (χ2n) is 6.40. The van der Waals surface area contributed by atoms with Crippen molar-refractivity contribution in [1.82, 2.24) is 10.2 Å².